The first kappa shape index (κ1) is 15.1. The van der Waals surface area contributed by atoms with E-state index in [0.717, 1.165) is 15.1 Å². The molecule has 0 fully saturated rings. The van der Waals surface area contributed by atoms with E-state index in [0.29, 0.717) is 26.7 Å². The molecule has 3 rings (SSSR count). The van der Waals surface area contributed by atoms with E-state index >= 15 is 0 Å². The quantitative estimate of drug-likeness (QED) is 0.381. The molecular formula is C13H6Cl4N2OS. The fraction of sp³-hybridized carbons (Fsp3) is 0.0769. The van der Waals surface area contributed by atoms with Gasteiger partial charge in [0, 0.05) is 10.9 Å². The van der Waals surface area contributed by atoms with Gasteiger partial charge < -0.3 is 4.74 Å². The van der Waals surface area contributed by atoms with Gasteiger partial charge in [0.15, 0.2) is 0 Å². The predicted molar refractivity (Wildman–Crippen MR) is 88.7 cm³/mol. The van der Waals surface area contributed by atoms with Gasteiger partial charge in [0.25, 0.3) is 0 Å². The van der Waals surface area contributed by atoms with Gasteiger partial charge in [0.1, 0.15) is 10.6 Å². The molecule has 0 aliphatic heterocycles. The molecular weight excluding hydrogens is 374 g/mol. The van der Waals surface area contributed by atoms with Crippen molar-refractivity contribution in [2.75, 3.05) is 0 Å². The first-order valence-electron chi connectivity index (χ1n) is 5.70. The maximum Gasteiger partial charge on any atom is 0.232 e. The number of hydrogen-bond donors (Lipinski definition) is 0. The van der Waals surface area contributed by atoms with E-state index in [1.54, 1.807) is 0 Å². The minimum absolute atomic E-state index is 0.107. The number of fused-ring (bicyclic) bond motifs is 1. The lowest BCUT2D eigenvalue weighted by Gasteiger charge is -2.09. The molecule has 0 saturated heterocycles. The molecule has 0 unspecified atom stereocenters. The van der Waals surface area contributed by atoms with Crippen LogP contribution in [0.2, 0.25) is 20.4 Å². The molecule has 0 radical (unpaired) electrons. The largest absolute Gasteiger partial charge is 0.437 e. The van der Waals surface area contributed by atoms with Crippen LogP contribution in [0, 0.1) is 6.92 Å². The second-order valence-electron chi connectivity index (χ2n) is 4.17. The Kier molecular flexibility index (Phi) is 4.17. The topological polar surface area (TPSA) is 35.0 Å². The van der Waals surface area contributed by atoms with E-state index < -0.39 is 0 Å². The summed E-state index contributed by atoms with van der Waals surface area (Å²) in [7, 11) is 0. The lowest BCUT2D eigenvalue weighted by atomic mass is 10.3. The van der Waals surface area contributed by atoms with Crippen LogP contribution in [-0.4, -0.2) is 9.97 Å². The van der Waals surface area contributed by atoms with E-state index in [-0.39, 0.29) is 5.28 Å². The van der Waals surface area contributed by atoms with E-state index in [2.05, 4.69) is 9.97 Å². The third kappa shape index (κ3) is 3.05. The average Bonchev–Trinajstić information content (AvgIpc) is 2.76. The highest BCUT2D eigenvalue weighted by Crippen LogP contribution is 2.39. The second-order valence-corrected chi connectivity index (χ2v) is 6.97. The molecule has 0 N–H and O–H groups in total. The summed E-state index contributed by atoms with van der Waals surface area (Å²) in [5.74, 6) is 0.681. The molecule has 108 valence electrons. The van der Waals surface area contributed by atoms with Crippen molar-refractivity contribution in [3.05, 3.63) is 43.4 Å². The number of hydrogen-bond acceptors (Lipinski definition) is 4. The van der Waals surface area contributed by atoms with Crippen molar-refractivity contribution in [3.8, 4) is 11.6 Å². The predicted octanol–water partition coefficient (Wildman–Crippen LogP) is 6.41. The monoisotopic (exact) mass is 378 g/mol. The Morgan fingerprint density at radius 1 is 0.952 bits per heavy atom. The minimum Gasteiger partial charge on any atom is -0.437 e. The number of thiophene rings is 1. The number of rotatable bonds is 2. The third-order valence-electron chi connectivity index (χ3n) is 2.64. The Hall–Kier alpha value is -0.780. The number of halogens is 4. The first-order chi connectivity index (χ1) is 9.94. The highest BCUT2D eigenvalue weighted by atomic mass is 35.5. The molecule has 3 aromatic rings. The van der Waals surface area contributed by atoms with Gasteiger partial charge in [-0.3, -0.25) is 0 Å². The molecule has 0 aliphatic carbocycles. The molecule has 8 heteroatoms. The van der Waals surface area contributed by atoms with E-state index in [1.807, 2.05) is 13.0 Å². The zero-order valence-electron chi connectivity index (χ0n) is 10.5. The van der Waals surface area contributed by atoms with Crippen LogP contribution in [0.25, 0.3) is 10.2 Å². The van der Waals surface area contributed by atoms with Crippen LogP contribution in [0.15, 0.2) is 18.2 Å². The molecule has 0 amide bonds. The van der Waals surface area contributed by atoms with Crippen LogP contribution >= 0.6 is 57.7 Å². The first-order valence-corrected chi connectivity index (χ1v) is 8.03. The highest BCUT2D eigenvalue weighted by molar-refractivity contribution is 7.18. The third-order valence-corrected chi connectivity index (χ3v) is 4.77. The van der Waals surface area contributed by atoms with Crippen molar-refractivity contribution < 1.29 is 4.74 Å². The maximum absolute atomic E-state index is 6.11. The van der Waals surface area contributed by atoms with Crippen molar-refractivity contribution in [1.82, 2.24) is 9.97 Å². The van der Waals surface area contributed by atoms with Crippen LogP contribution < -0.4 is 4.74 Å². The van der Waals surface area contributed by atoms with Gasteiger partial charge in [-0.1, -0.05) is 34.8 Å². The fourth-order valence-electron chi connectivity index (χ4n) is 1.76. The standard InChI is InChI=1S/C13H6Cl4N2OS/c1-5-2-6-11(18-13(17)19-12(6)21-5)20-10-4-8(15)7(14)3-9(10)16/h2-4H,1H3. The van der Waals surface area contributed by atoms with Crippen LogP contribution in [-0.2, 0) is 0 Å². The lowest BCUT2D eigenvalue weighted by Crippen LogP contribution is -1.92. The summed E-state index contributed by atoms with van der Waals surface area (Å²) >= 11 is 25.4. The number of ether oxygens (including phenoxy) is 1. The van der Waals surface area contributed by atoms with Gasteiger partial charge in [0.05, 0.1) is 20.5 Å². The van der Waals surface area contributed by atoms with Crippen molar-refractivity contribution in [2.45, 2.75) is 6.92 Å². The van der Waals surface area contributed by atoms with Crippen LogP contribution in [0.1, 0.15) is 4.88 Å². The SMILES string of the molecule is Cc1cc2c(Oc3cc(Cl)c(Cl)cc3Cl)nc(Cl)nc2s1. The Bertz CT molecular complexity index is 850. The Labute approximate surface area is 144 Å². The van der Waals surface area contributed by atoms with Crippen molar-refractivity contribution in [2.24, 2.45) is 0 Å². The van der Waals surface area contributed by atoms with Gasteiger partial charge in [0.2, 0.25) is 11.2 Å². The molecule has 21 heavy (non-hydrogen) atoms. The zero-order chi connectivity index (χ0) is 15.1. The van der Waals surface area contributed by atoms with E-state index in [4.69, 9.17) is 51.1 Å². The summed E-state index contributed by atoms with van der Waals surface area (Å²) in [4.78, 5) is 10.1. The Balaban J connectivity index is 2.11. The van der Waals surface area contributed by atoms with Crippen LogP contribution in [0.3, 0.4) is 0 Å². The minimum atomic E-state index is 0.107. The number of aryl methyl sites for hydroxylation is 1. The summed E-state index contributed by atoms with van der Waals surface area (Å²) in [6.07, 6.45) is 0. The smallest absolute Gasteiger partial charge is 0.232 e. The Morgan fingerprint density at radius 2 is 1.67 bits per heavy atom. The lowest BCUT2D eigenvalue weighted by molar-refractivity contribution is 0.469. The second kappa shape index (κ2) is 5.78. The molecule has 2 aromatic heterocycles. The van der Waals surface area contributed by atoms with Crippen molar-refractivity contribution in [3.63, 3.8) is 0 Å². The summed E-state index contributed by atoms with van der Waals surface area (Å²) in [5.41, 5.74) is 0. The molecule has 2 heterocycles. The van der Waals surface area contributed by atoms with Gasteiger partial charge in [-0.2, -0.15) is 4.98 Å². The number of benzene rings is 1. The maximum atomic E-state index is 6.11. The molecule has 0 bridgehead atoms. The molecule has 0 atom stereocenters. The van der Waals surface area contributed by atoms with Crippen LogP contribution in [0.4, 0.5) is 0 Å². The van der Waals surface area contributed by atoms with Crippen molar-refractivity contribution >= 4 is 68.0 Å². The van der Waals surface area contributed by atoms with Gasteiger partial charge in [-0.05, 0) is 30.7 Å². The highest BCUT2D eigenvalue weighted by Gasteiger charge is 2.14. The number of aromatic nitrogens is 2. The van der Waals surface area contributed by atoms with E-state index in [9.17, 15) is 0 Å². The fourth-order valence-corrected chi connectivity index (χ4v) is 3.41. The Morgan fingerprint density at radius 3 is 2.43 bits per heavy atom. The molecule has 1 aromatic carbocycles. The van der Waals surface area contributed by atoms with Gasteiger partial charge >= 0.3 is 0 Å². The molecule has 0 aliphatic rings. The van der Waals surface area contributed by atoms with E-state index in [1.165, 1.54) is 23.5 Å². The van der Waals surface area contributed by atoms with Gasteiger partial charge in [-0.25, -0.2) is 4.98 Å². The summed E-state index contributed by atoms with van der Waals surface area (Å²) in [5, 5.41) is 1.90. The van der Waals surface area contributed by atoms with Crippen molar-refractivity contribution in [1.29, 1.82) is 0 Å². The van der Waals surface area contributed by atoms with Crippen LogP contribution in [0.5, 0.6) is 11.6 Å². The molecule has 3 nitrogen and oxygen atoms in total. The number of nitrogens with zero attached hydrogens (tertiary/aromatic N) is 2. The molecule has 0 spiro atoms. The summed E-state index contributed by atoms with van der Waals surface area (Å²) < 4.78 is 5.75. The summed E-state index contributed by atoms with van der Waals surface area (Å²) in [6, 6.07) is 4.98. The van der Waals surface area contributed by atoms with Gasteiger partial charge in [-0.15, -0.1) is 11.3 Å². The summed E-state index contributed by atoms with van der Waals surface area (Å²) in [6.45, 7) is 1.97. The molecule has 0 saturated carbocycles. The zero-order valence-corrected chi connectivity index (χ0v) is 14.3. The average molecular weight is 380 g/mol. The normalized spacial score (nSPS) is 11.1.